The number of esters is 1. The van der Waals surface area contributed by atoms with Crippen LogP contribution in [0.2, 0.25) is 0 Å². The van der Waals surface area contributed by atoms with Gasteiger partial charge in [-0.25, -0.2) is 9.78 Å². The zero-order valence-electron chi connectivity index (χ0n) is 13.8. The largest absolute Gasteiger partial charge is 0.453 e. The van der Waals surface area contributed by atoms with Crippen LogP contribution in [0.4, 0.5) is 10.8 Å². The monoisotopic (exact) mass is 373 g/mol. The molecule has 9 heteroatoms. The molecule has 0 spiro atoms. The summed E-state index contributed by atoms with van der Waals surface area (Å²) in [6.07, 6.45) is 0.937. The first kappa shape index (κ1) is 17.7. The van der Waals surface area contributed by atoms with Crippen molar-refractivity contribution in [2.45, 2.75) is 19.8 Å². The maximum absolute atomic E-state index is 12.2. The molecule has 1 aliphatic heterocycles. The highest BCUT2D eigenvalue weighted by atomic mass is 32.1. The fourth-order valence-corrected chi connectivity index (χ4v) is 3.15. The van der Waals surface area contributed by atoms with Gasteiger partial charge < -0.3 is 15.4 Å². The SMILES string of the molecule is CC(=O)Nc1nc(C(=O)OCC(=O)c2ccc3c(c2)CCC(=O)N3)cs1. The van der Waals surface area contributed by atoms with Crippen molar-refractivity contribution >= 4 is 45.7 Å². The molecule has 3 rings (SSSR count). The number of carbonyl (C=O) groups is 4. The van der Waals surface area contributed by atoms with Gasteiger partial charge in [0.05, 0.1) is 0 Å². The molecule has 0 aliphatic carbocycles. The Morgan fingerprint density at radius 1 is 1.31 bits per heavy atom. The molecule has 0 radical (unpaired) electrons. The van der Waals surface area contributed by atoms with Crippen LogP contribution in [0.15, 0.2) is 23.6 Å². The third-order valence-electron chi connectivity index (χ3n) is 3.65. The lowest BCUT2D eigenvalue weighted by Crippen LogP contribution is -2.20. The maximum Gasteiger partial charge on any atom is 0.358 e. The van der Waals surface area contributed by atoms with E-state index in [0.29, 0.717) is 24.1 Å². The van der Waals surface area contributed by atoms with E-state index in [1.54, 1.807) is 18.2 Å². The predicted molar refractivity (Wildman–Crippen MR) is 94.4 cm³/mol. The molecule has 134 valence electrons. The topological polar surface area (TPSA) is 114 Å². The van der Waals surface area contributed by atoms with Crippen LogP contribution in [-0.2, 0) is 20.7 Å². The second-order valence-corrected chi connectivity index (χ2v) is 6.50. The third kappa shape index (κ3) is 4.12. The Hall–Kier alpha value is -3.07. The molecule has 0 fully saturated rings. The first-order valence-electron chi connectivity index (χ1n) is 7.78. The Kier molecular flexibility index (Phi) is 5.08. The molecule has 1 aromatic carbocycles. The summed E-state index contributed by atoms with van der Waals surface area (Å²) in [5, 5.41) is 6.94. The van der Waals surface area contributed by atoms with Gasteiger partial charge in [-0.1, -0.05) is 0 Å². The van der Waals surface area contributed by atoms with E-state index in [2.05, 4.69) is 15.6 Å². The lowest BCUT2D eigenvalue weighted by molar-refractivity contribution is -0.116. The first-order chi connectivity index (χ1) is 12.4. The maximum atomic E-state index is 12.2. The van der Waals surface area contributed by atoms with Gasteiger partial charge in [0.1, 0.15) is 0 Å². The van der Waals surface area contributed by atoms with E-state index in [4.69, 9.17) is 4.74 Å². The van der Waals surface area contributed by atoms with Gasteiger partial charge in [0.15, 0.2) is 23.2 Å². The summed E-state index contributed by atoms with van der Waals surface area (Å²) < 4.78 is 5.00. The Bertz CT molecular complexity index is 906. The molecule has 0 bridgehead atoms. The number of ketones is 1. The van der Waals surface area contributed by atoms with Crippen LogP contribution in [0.5, 0.6) is 0 Å². The molecular formula is C17H15N3O5S. The number of aromatic nitrogens is 1. The number of ether oxygens (including phenoxy) is 1. The molecule has 0 saturated carbocycles. The number of rotatable bonds is 5. The minimum Gasteiger partial charge on any atom is -0.453 e. The number of anilines is 2. The van der Waals surface area contributed by atoms with Gasteiger partial charge in [0.25, 0.3) is 0 Å². The van der Waals surface area contributed by atoms with E-state index in [9.17, 15) is 19.2 Å². The molecule has 2 aromatic rings. The van der Waals surface area contributed by atoms with Crippen molar-refractivity contribution in [3.05, 3.63) is 40.4 Å². The second kappa shape index (κ2) is 7.44. The lowest BCUT2D eigenvalue weighted by Gasteiger charge is -2.17. The molecule has 0 saturated heterocycles. The number of thiazole rings is 1. The number of fused-ring (bicyclic) bond motifs is 1. The highest BCUT2D eigenvalue weighted by Gasteiger charge is 2.18. The van der Waals surface area contributed by atoms with Gasteiger partial charge >= 0.3 is 5.97 Å². The Morgan fingerprint density at radius 2 is 2.12 bits per heavy atom. The summed E-state index contributed by atoms with van der Waals surface area (Å²) in [6.45, 7) is 0.916. The normalized spacial score (nSPS) is 12.7. The fourth-order valence-electron chi connectivity index (χ4n) is 2.42. The number of nitrogens with zero attached hydrogens (tertiary/aromatic N) is 1. The number of nitrogens with one attached hydrogen (secondary N) is 2. The van der Waals surface area contributed by atoms with Crippen molar-refractivity contribution in [3.8, 4) is 0 Å². The molecule has 26 heavy (non-hydrogen) atoms. The van der Waals surface area contributed by atoms with Crippen molar-refractivity contribution in [1.29, 1.82) is 0 Å². The van der Waals surface area contributed by atoms with Crippen LogP contribution in [0.25, 0.3) is 0 Å². The van der Waals surface area contributed by atoms with Gasteiger partial charge in [-0.15, -0.1) is 11.3 Å². The van der Waals surface area contributed by atoms with Crippen LogP contribution in [0.1, 0.15) is 39.8 Å². The van der Waals surface area contributed by atoms with E-state index in [-0.39, 0.29) is 28.4 Å². The Labute approximate surface area is 152 Å². The van der Waals surface area contributed by atoms with Crippen LogP contribution in [-0.4, -0.2) is 35.2 Å². The summed E-state index contributed by atoms with van der Waals surface area (Å²) in [5.74, 6) is -1.43. The molecule has 2 heterocycles. The van der Waals surface area contributed by atoms with E-state index in [1.165, 1.54) is 12.3 Å². The van der Waals surface area contributed by atoms with E-state index in [0.717, 1.165) is 16.9 Å². The minimum atomic E-state index is -0.739. The summed E-state index contributed by atoms with van der Waals surface area (Å²) in [5.41, 5.74) is 2.01. The number of benzene rings is 1. The average Bonchev–Trinajstić information content (AvgIpc) is 3.06. The smallest absolute Gasteiger partial charge is 0.358 e. The van der Waals surface area contributed by atoms with Gasteiger partial charge in [0, 0.05) is 30.0 Å². The summed E-state index contributed by atoms with van der Waals surface area (Å²) in [4.78, 5) is 50.4. The molecule has 0 atom stereocenters. The molecule has 1 aromatic heterocycles. The summed E-state index contributed by atoms with van der Waals surface area (Å²) in [6, 6.07) is 4.95. The third-order valence-corrected chi connectivity index (χ3v) is 4.41. The predicted octanol–water partition coefficient (Wildman–Crippen LogP) is 2.03. The van der Waals surface area contributed by atoms with Crippen LogP contribution in [0.3, 0.4) is 0 Å². The zero-order valence-corrected chi connectivity index (χ0v) is 14.6. The molecule has 0 unspecified atom stereocenters. The van der Waals surface area contributed by atoms with Crippen molar-refractivity contribution < 1.29 is 23.9 Å². The van der Waals surface area contributed by atoms with E-state index >= 15 is 0 Å². The van der Waals surface area contributed by atoms with E-state index < -0.39 is 12.6 Å². The van der Waals surface area contributed by atoms with Gasteiger partial charge in [0.2, 0.25) is 11.8 Å². The molecule has 2 N–H and O–H groups in total. The molecule has 8 nitrogen and oxygen atoms in total. The van der Waals surface area contributed by atoms with Crippen LogP contribution < -0.4 is 10.6 Å². The number of Topliss-reactive ketones (excluding diaryl/α,β-unsaturated/α-hetero) is 1. The first-order valence-corrected chi connectivity index (χ1v) is 8.66. The highest BCUT2D eigenvalue weighted by Crippen LogP contribution is 2.24. The van der Waals surface area contributed by atoms with Gasteiger partial charge in [-0.05, 0) is 30.2 Å². The number of aryl methyl sites for hydroxylation is 1. The molecule has 1 aliphatic rings. The number of carbonyl (C=O) groups excluding carboxylic acids is 4. The van der Waals surface area contributed by atoms with E-state index in [1.807, 2.05) is 0 Å². The average molecular weight is 373 g/mol. The number of hydrogen-bond acceptors (Lipinski definition) is 7. The zero-order chi connectivity index (χ0) is 18.7. The number of amides is 2. The number of hydrogen-bond donors (Lipinski definition) is 2. The quantitative estimate of drug-likeness (QED) is 0.612. The van der Waals surface area contributed by atoms with Crippen molar-refractivity contribution in [3.63, 3.8) is 0 Å². The fraction of sp³-hybridized carbons (Fsp3) is 0.235. The standard InChI is InChI=1S/C17H15N3O5S/c1-9(21)18-17-20-13(8-26-17)16(24)25-7-14(22)11-2-4-12-10(6-11)3-5-15(23)19-12/h2,4,6,8H,3,5,7H2,1H3,(H,19,23)(H,18,20,21). The summed E-state index contributed by atoms with van der Waals surface area (Å²) in [7, 11) is 0. The second-order valence-electron chi connectivity index (χ2n) is 5.64. The van der Waals surface area contributed by atoms with Gasteiger partial charge in [-0.2, -0.15) is 0 Å². The highest BCUT2D eigenvalue weighted by molar-refractivity contribution is 7.14. The van der Waals surface area contributed by atoms with Crippen LogP contribution in [0, 0.1) is 0 Å². The van der Waals surface area contributed by atoms with Crippen molar-refractivity contribution in [1.82, 2.24) is 4.98 Å². The van der Waals surface area contributed by atoms with Crippen LogP contribution >= 0.6 is 11.3 Å². The van der Waals surface area contributed by atoms with Gasteiger partial charge in [-0.3, -0.25) is 14.4 Å². The molecule has 2 amide bonds. The molecular weight excluding hydrogens is 358 g/mol. The van der Waals surface area contributed by atoms with Crippen molar-refractivity contribution in [2.75, 3.05) is 17.2 Å². The minimum absolute atomic E-state index is 0.0275. The van der Waals surface area contributed by atoms with Crippen molar-refractivity contribution in [2.24, 2.45) is 0 Å². The summed E-state index contributed by atoms with van der Waals surface area (Å²) >= 11 is 1.09. The Morgan fingerprint density at radius 3 is 2.88 bits per heavy atom. The lowest BCUT2D eigenvalue weighted by atomic mass is 9.99. The Balaban J connectivity index is 1.60.